The second-order valence-corrected chi connectivity index (χ2v) is 7.64. The Kier molecular flexibility index (Phi) is 4.78. The number of rotatable bonds is 3. The van der Waals surface area contributed by atoms with Crippen molar-refractivity contribution >= 4 is 28.4 Å². The zero-order valence-electron chi connectivity index (χ0n) is 14.3. The van der Waals surface area contributed by atoms with E-state index < -0.39 is 17.2 Å². The van der Waals surface area contributed by atoms with Crippen LogP contribution in [0.2, 0.25) is 0 Å². The first kappa shape index (κ1) is 17.9. The van der Waals surface area contributed by atoms with Gasteiger partial charge in [0, 0.05) is 12.5 Å². The fraction of sp³-hybridized carbons (Fsp3) is 0.250. The summed E-state index contributed by atoms with van der Waals surface area (Å²) in [4.78, 5) is 29.8. The van der Waals surface area contributed by atoms with Crippen molar-refractivity contribution in [2.75, 3.05) is 0 Å². The number of hydrogen-bond acceptors (Lipinski definition) is 4. The maximum atomic E-state index is 14.4. The van der Waals surface area contributed by atoms with E-state index in [0.717, 1.165) is 29.5 Å². The van der Waals surface area contributed by atoms with Gasteiger partial charge in [0.2, 0.25) is 0 Å². The van der Waals surface area contributed by atoms with E-state index in [4.69, 9.17) is 0 Å². The molecule has 2 aromatic carbocycles. The first-order valence-electron chi connectivity index (χ1n) is 8.71. The van der Waals surface area contributed by atoms with Crippen molar-refractivity contribution in [3.63, 3.8) is 0 Å². The third kappa shape index (κ3) is 3.39. The van der Waals surface area contributed by atoms with E-state index in [0.29, 0.717) is 23.7 Å². The molecule has 1 saturated carbocycles. The van der Waals surface area contributed by atoms with Crippen molar-refractivity contribution in [1.29, 1.82) is 0 Å². The molecule has 0 saturated heterocycles. The van der Waals surface area contributed by atoms with Crippen molar-refractivity contribution in [3.05, 3.63) is 64.5 Å². The minimum absolute atomic E-state index is 0.0783. The van der Waals surface area contributed by atoms with Crippen molar-refractivity contribution in [3.8, 4) is 5.69 Å². The fourth-order valence-electron chi connectivity index (χ4n) is 3.27. The van der Waals surface area contributed by atoms with Gasteiger partial charge in [-0.3, -0.25) is 14.2 Å². The number of benzene rings is 2. The predicted octanol–water partition coefficient (Wildman–Crippen LogP) is 4.27. The fourth-order valence-corrected chi connectivity index (χ4v) is 4.50. The highest BCUT2D eigenvalue weighted by atomic mass is 32.2. The molecule has 1 fully saturated rings. The summed E-state index contributed by atoms with van der Waals surface area (Å²) in [7, 11) is 0. The molecule has 138 valence electrons. The molecule has 0 unspecified atom stereocenters. The summed E-state index contributed by atoms with van der Waals surface area (Å²) in [5.41, 5.74) is -0.0469. The second-order valence-electron chi connectivity index (χ2n) is 6.47. The molecular formula is C20H16F2N2O2S. The molecule has 27 heavy (non-hydrogen) atoms. The Morgan fingerprint density at radius 3 is 2.67 bits per heavy atom. The number of carbonyl (C=O) groups is 1. The molecule has 3 aromatic rings. The van der Waals surface area contributed by atoms with Gasteiger partial charge in [-0.25, -0.2) is 13.8 Å². The largest absolute Gasteiger partial charge is 0.298 e. The van der Waals surface area contributed by atoms with Gasteiger partial charge in [-0.05, 0) is 37.1 Å². The average Bonchev–Trinajstić information content (AvgIpc) is 2.65. The zero-order valence-corrected chi connectivity index (χ0v) is 15.1. The van der Waals surface area contributed by atoms with E-state index in [1.54, 1.807) is 24.3 Å². The van der Waals surface area contributed by atoms with E-state index in [1.807, 2.05) is 0 Å². The number of Topliss-reactive ketones (excluding diaryl/α,β-unsaturated/α-hetero) is 1. The van der Waals surface area contributed by atoms with Gasteiger partial charge >= 0.3 is 0 Å². The first-order valence-corrected chi connectivity index (χ1v) is 9.59. The van der Waals surface area contributed by atoms with Gasteiger partial charge in [0.1, 0.15) is 17.4 Å². The lowest BCUT2D eigenvalue weighted by Gasteiger charge is -2.21. The van der Waals surface area contributed by atoms with Crippen molar-refractivity contribution in [1.82, 2.24) is 9.55 Å². The average molecular weight is 386 g/mol. The number of hydrogen-bond donors (Lipinski definition) is 0. The van der Waals surface area contributed by atoms with Crippen LogP contribution in [0.15, 0.2) is 52.4 Å². The van der Waals surface area contributed by atoms with Crippen LogP contribution >= 0.6 is 11.8 Å². The number of thioether (sulfide) groups is 1. The molecular weight excluding hydrogens is 370 g/mol. The normalized spacial score (nSPS) is 17.4. The molecule has 0 bridgehead atoms. The molecule has 1 aliphatic carbocycles. The molecule has 4 nitrogen and oxygen atoms in total. The summed E-state index contributed by atoms with van der Waals surface area (Å²) >= 11 is 1.18. The molecule has 0 spiro atoms. The van der Waals surface area contributed by atoms with Crippen LogP contribution in [0, 0.1) is 11.6 Å². The van der Waals surface area contributed by atoms with Gasteiger partial charge in [-0.1, -0.05) is 30.3 Å². The summed E-state index contributed by atoms with van der Waals surface area (Å²) in [6.07, 6.45) is 2.98. The molecule has 0 radical (unpaired) electrons. The minimum atomic E-state index is -0.856. The summed E-state index contributed by atoms with van der Waals surface area (Å²) in [5, 5.41) is 0.256. The van der Waals surface area contributed by atoms with Crippen LogP contribution < -0.4 is 5.56 Å². The maximum absolute atomic E-state index is 14.4. The van der Waals surface area contributed by atoms with Crippen LogP contribution in [0.4, 0.5) is 8.78 Å². The van der Waals surface area contributed by atoms with Gasteiger partial charge < -0.3 is 0 Å². The number of para-hydroxylation sites is 1. The Hall–Kier alpha value is -2.54. The molecule has 1 atom stereocenters. The number of carbonyl (C=O) groups excluding carboxylic acids is 1. The third-order valence-corrected chi connectivity index (χ3v) is 5.91. The standard InChI is InChI=1S/C20H16F2N2O2S/c21-12-9-10-16(14(22)11-12)24-19(26)13-5-1-2-6-15(13)23-20(24)27-18-8-4-3-7-17(18)25/h1-2,5-6,9-11,18H,3-4,7-8H2/t18-/m0/s1. The van der Waals surface area contributed by atoms with Crippen LogP contribution in [0.3, 0.4) is 0 Å². The van der Waals surface area contributed by atoms with Gasteiger partial charge in [-0.2, -0.15) is 0 Å². The van der Waals surface area contributed by atoms with Crippen molar-refractivity contribution in [2.45, 2.75) is 36.1 Å². The minimum Gasteiger partial charge on any atom is -0.298 e. The molecule has 7 heteroatoms. The predicted molar refractivity (Wildman–Crippen MR) is 100 cm³/mol. The monoisotopic (exact) mass is 386 g/mol. The van der Waals surface area contributed by atoms with E-state index in [9.17, 15) is 18.4 Å². The van der Waals surface area contributed by atoms with Crippen LogP contribution in [0.25, 0.3) is 16.6 Å². The number of halogens is 2. The van der Waals surface area contributed by atoms with Crippen LogP contribution in [0.1, 0.15) is 25.7 Å². The molecule has 0 aliphatic heterocycles. The maximum Gasteiger partial charge on any atom is 0.266 e. The summed E-state index contributed by atoms with van der Waals surface area (Å²) in [6.45, 7) is 0. The summed E-state index contributed by atoms with van der Waals surface area (Å²) in [5.74, 6) is -1.47. The lowest BCUT2D eigenvalue weighted by Crippen LogP contribution is -2.26. The van der Waals surface area contributed by atoms with Gasteiger partial charge in [0.15, 0.2) is 5.16 Å². The lowest BCUT2D eigenvalue weighted by atomic mass is 9.99. The Morgan fingerprint density at radius 1 is 1.07 bits per heavy atom. The molecule has 1 heterocycles. The first-order chi connectivity index (χ1) is 13.0. The van der Waals surface area contributed by atoms with E-state index in [-0.39, 0.29) is 21.9 Å². The lowest BCUT2D eigenvalue weighted by molar-refractivity contribution is -0.119. The van der Waals surface area contributed by atoms with E-state index >= 15 is 0 Å². The topological polar surface area (TPSA) is 52.0 Å². The Balaban J connectivity index is 1.93. The SMILES string of the molecule is O=C1CCCC[C@@H]1Sc1nc2ccccc2c(=O)n1-c1ccc(F)cc1F. The summed E-state index contributed by atoms with van der Waals surface area (Å²) in [6, 6.07) is 9.83. The molecule has 0 amide bonds. The molecule has 4 rings (SSSR count). The quantitative estimate of drug-likeness (QED) is 0.631. The Morgan fingerprint density at radius 2 is 1.89 bits per heavy atom. The Labute approximate surface area is 158 Å². The molecule has 1 aromatic heterocycles. The van der Waals surface area contributed by atoms with Crippen molar-refractivity contribution in [2.24, 2.45) is 0 Å². The number of fused-ring (bicyclic) bond motifs is 1. The van der Waals surface area contributed by atoms with Crippen molar-refractivity contribution < 1.29 is 13.6 Å². The third-order valence-electron chi connectivity index (χ3n) is 4.64. The van der Waals surface area contributed by atoms with Crippen LogP contribution in [-0.2, 0) is 4.79 Å². The van der Waals surface area contributed by atoms with Gasteiger partial charge in [-0.15, -0.1) is 0 Å². The number of aromatic nitrogens is 2. The summed E-state index contributed by atoms with van der Waals surface area (Å²) < 4.78 is 28.9. The van der Waals surface area contributed by atoms with Gasteiger partial charge in [0.05, 0.1) is 21.8 Å². The van der Waals surface area contributed by atoms with Crippen LogP contribution in [0.5, 0.6) is 0 Å². The highest BCUT2D eigenvalue weighted by Gasteiger charge is 2.26. The number of ketones is 1. The molecule has 0 N–H and O–H groups in total. The highest BCUT2D eigenvalue weighted by Crippen LogP contribution is 2.32. The zero-order chi connectivity index (χ0) is 19.0. The van der Waals surface area contributed by atoms with Gasteiger partial charge in [0.25, 0.3) is 5.56 Å². The van der Waals surface area contributed by atoms with Crippen LogP contribution in [-0.4, -0.2) is 20.6 Å². The molecule has 1 aliphatic rings. The second kappa shape index (κ2) is 7.23. The highest BCUT2D eigenvalue weighted by molar-refractivity contribution is 8.00. The van der Waals surface area contributed by atoms with E-state index in [2.05, 4.69) is 4.98 Å². The Bertz CT molecular complexity index is 1100. The number of nitrogens with zero attached hydrogens (tertiary/aromatic N) is 2. The smallest absolute Gasteiger partial charge is 0.266 e. The van der Waals surface area contributed by atoms with E-state index in [1.165, 1.54) is 17.8 Å².